The van der Waals surface area contributed by atoms with Crippen LogP contribution in [0.4, 0.5) is 5.82 Å². The van der Waals surface area contributed by atoms with E-state index in [0.29, 0.717) is 0 Å². The molecule has 0 radical (unpaired) electrons. The lowest BCUT2D eigenvalue weighted by atomic mass is 9.95. The van der Waals surface area contributed by atoms with Crippen molar-refractivity contribution in [2.45, 2.75) is 58.8 Å². The van der Waals surface area contributed by atoms with Gasteiger partial charge in [0.25, 0.3) is 0 Å². The Kier molecular flexibility index (Phi) is 6.61. The molecule has 1 aliphatic carbocycles. The highest BCUT2D eigenvalue weighted by Gasteiger charge is 2.28. The number of fused-ring (bicyclic) bond motifs is 1. The van der Waals surface area contributed by atoms with Crippen LogP contribution in [0.3, 0.4) is 0 Å². The van der Waals surface area contributed by atoms with Gasteiger partial charge in [0.05, 0.1) is 22.5 Å². The largest absolute Gasteiger partial charge is 0.356 e. The van der Waals surface area contributed by atoms with Gasteiger partial charge >= 0.3 is 0 Å². The van der Waals surface area contributed by atoms with Crippen molar-refractivity contribution in [1.29, 1.82) is 0 Å². The summed E-state index contributed by atoms with van der Waals surface area (Å²) in [6, 6.07) is 10.2. The number of carbonyl (C=O) groups is 1. The Morgan fingerprint density at radius 3 is 2.62 bits per heavy atom. The van der Waals surface area contributed by atoms with Crippen LogP contribution >= 0.6 is 0 Å². The van der Waals surface area contributed by atoms with Gasteiger partial charge < -0.3 is 10.2 Å². The number of aromatic nitrogens is 4. The van der Waals surface area contributed by atoms with Gasteiger partial charge in [0, 0.05) is 25.6 Å². The molecule has 5 rings (SSSR count). The van der Waals surface area contributed by atoms with Crippen LogP contribution < -0.4 is 10.2 Å². The minimum absolute atomic E-state index is 0.0640. The van der Waals surface area contributed by atoms with Crippen LogP contribution in [0.2, 0.25) is 0 Å². The number of hydrogen-bond donors (Lipinski definition) is 1. The first-order valence-electron chi connectivity index (χ1n) is 12.6. The number of hydrogen-bond acceptors (Lipinski definition) is 5. The summed E-state index contributed by atoms with van der Waals surface area (Å²) < 4.78 is 1.98. The van der Waals surface area contributed by atoms with Crippen molar-refractivity contribution in [3.05, 3.63) is 53.4 Å². The first-order chi connectivity index (χ1) is 16.6. The molecule has 0 saturated carbocycles. The van der Waals surface area contributed by atoms with Crippen LogP contribution in [0, 0.1) is 19.8 Å². The number of nitrogens with zero attached hydrogens (tertiary/aromatic N) is 5. The van der Waals surface area contributed by atoms with E-state index in [1.54, 1.807) is 0 Å². The van der Waals surface area contributed by atoms with Crippen LogP contribution in [0.25, 0.3) is 16.6 Å². The summed E-state index contributed by atoms with van der Waals surface area (Å²) in [5.74, 6) is 1.08. The van der Waals surface area contributed by atoms with E-state index in [9.17, 15) is 4.79 Å². The second kappa shape index (κ2) is 9.95. The predicted molar refractivity (Wildman–Crippen MR) is 135 cm³/mol. The molecule has 1 N–H and O–H groups in total. The Morgan fingerprint density at radius 1 is 1.09 bits per heavy atom. The summed E-state index contributed by atoms with van der Waals surface area (Å²) in [6.07, 6.45) is 9.98. The van der Waals surface area contributed by atoms with E-state index in [1.807, 2.05) is 29.8 Å². The molecule has 7 heteroatoms. The van der Waals surface area contributed by atoms with E-state index in [2.05, 4.69) is 45.5 Å². The zero-order valence-electron chi connectivity index (χ0n) is 20.3. The van der Waals surface area contributed by atoms with E-state index in [4.69, 9.17) is 5.10 Å². The van der Waals surface area contributed by atoms with Gasteiger partial charge in [-0.2, -0.15) is 10.2 Å². The van der Waals surface area contributed by atoms with Gasteiger partial charge in [0.2, 0.25) is 5.91 Å². The molecule has 7 nitrogen and oxygen atoms in total. The molecule has 0 unspecified atom stereocenters. The number of piperidine rings is 1. The number of nitrogens with one attached hydrogen (secondary N) is 1. The first-order valence-corrected chi connectivity index (χ1v) is 12.6. The fourth-order valence-corrected chi connectivity index (χ4v) is 5.32. The third kappa shape index (κ3) is 4.56. The van der Waals surface area contributed by atoms with Crippen molar-refractivity contribution < 1.29 is 4.79 Å². The molecule has 0 bridgehead atoms. The molecule has 1 fully saturated rings. The number of benzene rings is 1. The maximum absolute atomic E-state index is 12.8. The zero-order valence-corrected chi connectivity index (χ0v) is 20.3. The summed E-state index contributed by atoms with van der Waals surface area (Å²) in [7, 11) is 0. The van der Waals surface area contributed by atoms with Crippen molar-refractivity contribution in [1.82, 2.24) is 25.3 Å². The van der Waals surface area contributed by atoms with Gasteiger partial charge in [0.15, 0.2) is 5.82 Å². The monoisotopic (exact) mass is 458 g/mol. The molecule has 1 aliphatic heterocycles. The molecule has 0 spiro atoms. The maximum atomic E-state index is 12.8. The molecular formula is C27H34N6O. The summed E-state index contributed by atoms with van der Waals surface area (Å²) in [5.41, 5.74) is 5.38. The summed E-state index contributed by atoms with van der Waals surface area (Å²) in [5, 5.41) is 18.2. The lowest BCUT2D eigenvalue weighted by molar-refractivity contribution is -0.125. The fraction of sp³-hybridized carbons (Fsp3) is 0.481. The van der Waals surface area contributed by atoms with E-state index in [-0.39, 0.29) is 11.8 Å². The second-order valence-electron chi connectivity index (χ2n) is 9.58. The molecule has 3 aromatic rings. The van der Waals surface area contributed by atoms with E-state index in [1.165, 1.54) is 31.3 Å². The SMILES string of the molecule is Cc1nnc(N2CCC(C(=O)NCCC3=CCCCC3)CC2)c2nn(-c3ccccc3)c(C)c12. The number of allylic oxidation sites excluding steroid dienone is 1. The smallest absolute Gasteiger partial charge is 0.223 e. The number of aryl methyl sites for hydroxylation is 2. The summed E-state index contributed by atoms with van der Waals surface area (Å²) in [4.78, 5) is 15.0. The van der Waals surface area contributed by atoms with E-state index in [0.717, 1.165) is 72.7 Å². The number of carbonyl (C=O) groups excluding carboxylic acids is 1. The molecule has 34 heavy (non-hydrogen) atoms. The number of anilines is 1. The number of amides is 1. The van der Waals surface area contributed by atoms with Gasteiger partial charge in [-0.15, -0.1) is 5.10 Å². The lowest BCUT2D eigenvalue weighted by Crippen LogP contribution is -2.41. The fourth-order valence-electron chi connectivity index (χ4n) is 5.32. The Balaban J connectivity index is 1.26. The molecule has 178 valence electrons. The first kappa shape index (κ1) is 22.6. The average molecular weight is 459 g/mol. The topological polar surface area (TPSA) is 75.9 Å². The molecule has 2 aromatic heterocycles. The Morgan fingerprint density at radius 2 is 1.88 bits per heavy atom. The lowest BCUT2D eigenvalue weighted by Gasteiger charge is -2.32. The second-order valence-corrected chi connectivity index (χ2v) is 9.58. The van der Waals surface area contributed by atoms with Gasteiger partial charge in [-0.1, -0.05) is 29.8 Å². The minimum Gasteiger partial charge on any atom is -0.356 e. The quantitative estimate of drug-likeness (QED) is 0.544. The standard InChI is InChI=1S/C27H34N6O/c1-19-24-20(2)33(23-11-7-4-8-12-23)31-25(24)26(30-29-19)32-17-14-22(15-18-32)27(34)28-16-13-21-9-5-3-6-10-21/h4,7-9,11-12,22H,3,5-6,10,13-18H2,1-2H3,(H,28,34). The van der Waals surface area contributed by atoms with Crippen molar-refractivity contribution in [3.63, 3.8) is 0 Å². The Labute approximate surface area is 201 Å². The predicted octanol–water partition coefficient (Wildman–Crippen LogP) is 4.66. The Hall–Kier alpha value is -3.22. The number of para-hydroxylation sites is 1. The highest BCUT2D eigenvalue weighted by Crippen LogP contribution is 2.31. The third-order valence-corrected chi connectivity index (χ3v) is 7.28. The maximum Gasteiger partial charge on any atom is 0.223 e. The number of rotatable bonds is 6. The van der Waals surface area contributed by atoms with Crippen molar-refractivity contribution in [3.8, 4) is 5.69 Å². The highest BCUT2D eigenvalue weighted by molar-refractivity contribution is 5.92. The van der Waals surface area contributed by atoms with E-state index >= 15 is 0 Å². The normalized spacial score (nSPS) is 17.1. The van der Waals surface area contributed by atoms with Crippen LogP contribution in [0.5, 0.6) is 0 Å². The van der Waals surface area contributed by atoms with Crippen molar-refractivity contribution >= 4 is 22.6 Å². The van der Waals surface area contributed by atoms with Crippen LogP contribution in [0.15, 0.2) is 42.0 Å². The summed E-state index contributed by atoms with van der Waals surface area (Å²) >= 11 is 0. The Bertz CT molecular complexity index is 1190. The van der Waals surface area contributed by atoms with Gasteiger partial charge in [-0.3, -0.25) is 4.79 Å². The molecular weight excluding hydrogens is 424 g/mol. The van der Waals surface area contributed by atoms with Crippen molar-refractivity contribution in [2.75, 3.05) is 24.5 Å². The molecule has 3 heterocycles. The minimum atomic E-state index is 0.0640. The van der Waals surface area contributed by atoms with Gasteiger partial charge in [0.1, 0.15) is 5.52 Å². The van der Waals surface area contributed by atoms with Crippen molar-refractivity contribution in [2.24, 2.45) is 5.92 Å². The van der Waals surface area contributed by atoms with Gasteiger partial charge in [-0.25, -0.2) is 4.68 Å². The van der Waals surface area contributed by atoms with E-state index < -0.39 is 0 Å². The molecule has 1 aromatic carbocycles. The van der Waals surface area contributed by atoms with Crippen LogP contribution in [-0.4, -0.2) is 45.5 Å². The van der Waals surface area contributed by atoms with Crippen LogP contribution in [-0.2, 0) is 4.79 Å². The summed E-state index contributed by atoms with van der Waals surface area (Å²) in [6.45, 7) is 6.40. The third-order valence-electron chi connectivity index (χ3n) is 7.28. The zero-order chi connectivity index (χ0) is 23.5. The van der Waals surface area contributed by atoms with Crippen LogP contribution in [0.1, 0.15) is 56.3 Å². The molecule has 1 amide bonds. The molecule has 2 aliphatic rings. The average Bonchev–Trinajstić information content (AvgIpc) is 3.23. The molecule has 1 saturated heterocycles. The highest BCUT2D eigenvalue weighted by atomic mass is 16.1. The molecule has 0 atom stereocenters. The van der Waals surface area contributed by atoms with Gasteiger partial charge in [-0.05, 0) is 70.9 Å².